The van der Waals surface area contributed by atoms with Gasteiger partial charge in [-0.25, -0.2) is 5.90 Å². The molecule has 0 bridgehead atoms. The first kappa shape index (κ1) is 9.70. The van der Waals surface area contributed by atoms with Gasteiger partial charge in [-0.05, 0) is 6.07 Å². The molecule has 1 aromatic carbocycles. The maximum absolute atomic E-state index is 10.7. The van der Waals surface area contributed by atoms with Crippen molar-refractivity contribution in [1.29, 1.82) is 0 Å². The van der Waals surface area contributed by atoms with E-state index in [0.29, 0.717) is 5.75 Å². The highest BCUT2D eigenvalue weighted by Gasteiger charge is 2.04. The molecule has 70 valence electrons. The van der Waals surface area contributed by atoms with E-state index in [4.69, 9.17) is 10.6 Å². The first-order valence-electron chi connectivity index (χ1n) is 3.82. The first-order valence-corrected chi connectivity index (χ1v) is 3.82. The molecule has 0 saturated heterocycles. The summed E-state index contributed by atoms with van der Waals surface area (Å²) in [5.41, 5.74) is 0.750. The Kier molecular flexibility index (Phi) is 3.42. The zero-order valence-electron chi connectivity index (χ0n) is 7.32. The lowest BCUT2D eigenvalue weighted by Crippen LogP contribution is -2.06. The van der Waals surface area contributed by atoms with Gasteiger partial charge in [0.25, 0.3) is 0 Å². The fourth-order valence-electron chi connectivity index (χ4n) is 0.967. The van der Waals surface area contributed by atoms with Crippen molar-refractivity contribution in [1.82, 2.24) is 0 Å². The van der Waals surface area contributed by atoms with Crippen molar-refractivity contribution in [3.63, 3.8) is 0 Å². The van der Waals surface area contributed by atoms with Crippen LogP contribution in [0.4, 0.5) is 0 Å². The topological polar surface area (TPSA) is 61.5 Å². The molecule has 0 aliphatic rings. The third-order valence-corrected chi connectivity index (χ3v) is 1.47. The smallest absolute Gasteiger partial charge is 0.308 e. The van der Waals surface area contributed by atoms with Gasteiger partial charge in [-0.15, -0.1) is 0 Å². The Bertz CT molecular complexity index is 299. The maximum Gasteiger partial charge on any atom is 0.308 e. The Balaban J connectivity index is 2.84. The minimum Gasteiger partial charge on any atom is -0.426 e. The third-order valence-electron chi connectivity index (χ3n) is 1.47. The predicted octanol–water partition coefficient (Wildman–Crippen LogP) is 1.00. The molecule has 0 aliphatic heterocycles. The van der Waals surface area contributed by atoms with Crippen molar-refractivity contribution in [3.8, 4) is 5.75 Å². The summed E-state index contributed by atoms with van der Waals surface area (Å²) in [5.74, 6) is 5.05. The average Bonchev–Trinajstić information content (AvgIpc) is 2.08. The summed E-state index contributed by atoms with van der Waals surface area (Å²) in [6.07, 6.45) is 0. The van der Waals surface area contributed by atoms with E-state index in [9.17, 15) is 4.79 Å². The predicted molar refractivity (Wildman–Crippen MR) is 46.7 cm³/mol. The van der Waals surface area contributed by atoms with Crippen LogP contribution in [-0.2, 0) is 16.2 Å². The number of ether oxygens (including phenoxy) is 1. The maximum atomic E-state index is 10.7. The van der Waals surface area contributed by atoms with Crippen LogP contribution >= 0.6 is 0 Å². The van der Waals surface area contributed by atoms with Crippen LogP contribution in [0.3, 0.4) is 0 Å². The lowest BCUT2D eigenvalue weighted by Gasteiger charge is -2.06. The van der Waals surface area contributed by atoms with Crippen LogP contribution in [0.15, 0.2) is 24.3 Å². The monoisotopic (exact) mass is 181 g/mol. The van der Waals surface area contributed by atoms with Gasteiger partial charge in [0.1, 0.15) is 5.75 Å². The average molecular weight is 181 g/mol. The van der Waals surface area contributed by atoms with Crippen LogP contribution in [0, 0.1) is 0 Å². The fourth-order valence-corrected chi connectivity index (χ4v) is 0.967. The number of rotatable bonds is 3. The van der Waals surface area contributed by atoms with E-state index < -0.39 is 0 Å². The summed E-state index contributed by atoms with van der Waals surface area (Å²) >= 11 is 0. The van der Waals surface area contributed by atoms with Gasteiger partial charge in [-0.2, -0.15) is 0 Å². The third kappa shape index (κ3) is 2.85. The van der Waals surface area contributed by atoms with E-state index in [-0.39, 0.29) is 12.6 Å². The van der Waals surface area contributed by atoms with Crippen molar-refractivity contribution in [2.75, 3.05) is 0 Å². The van der Waals surface area contributed by atoms with Crippen molar-refractivity contribution >= 4 is 5.97 Å². The summed E-state index contributed by atoms with van der Waals surface area (Å²) in [4.78, 5) is 15.1. The van der Waals surface area contributed by atoms with Gasteiger partial charge in [0.05, 0.1) is 6.61 Å². The second-order valence-electron chi connectivity index (χ2n) is 2.51. The Morgan fingerprint density at radius 3 is 2.77 bits per heavy atom. The molecule has 0 spiro atoms. The molecule has 0 aliphatic carbocycles. The molecule has 0 fully saturated rings. The quantitative estimate of drug-likeness (QED) is 0.429. The summed E-state index contributed by atoms with van der Waals surface area (Å²) in [6.45, 7) is 1.57. The molecular weight excluding hydrogens is 170 g/mol. The minimum absolute atomic E-state index is 0.226. The summed E-state index contributed by atoms with van der Waals surface area (Å²) in [7, 11) is 0. The summed E-state index contributed by atoms with van der Waals surface area (Å²) in [6, 6.07) is 7.07. The zero-order valence-corrected chi connectivity index (χ0v) is 7.32. The molecule has 4 heteroatoms. The highest BCUT2D eigenvalue weighted by atomic mass is 16.6. The number of benzene rings is 1. The molecule has 1 rings (SSSR count). The lowest BCUT2D eigenvalue weighted by atomic mass is 10.2. The van der Waals surface area contributed by atoms with Crippen molar-refractivity contribution in [2.45, 2.75) is 13.5 Å². The molecule has 1 aromatic rings. The fraction of sp³-hybridized carbons (Fsp3) is 0.222. The van der Waals surface area contributed by atoms with E-state index in [1.54, 1.807) is 18.2 Å². The number of carbonyl (C=O) groups is 1. The van der Waals surface area contributed by atoms with E-state index >= 15 is 0 Å². The van der Waals surface area contributed by atoms with Crippen molar-refractivity contribution < 1.29 is 14.4 Å². The first-order chi connectivity index (χ1) is 6.24. The Morgan fingerprint density at radius 2 is 2.15 bits per heavy atom. The van der Waals surface area contributed by atoms with Crippen molar-refractivity contribution in [2.24, 2.45) is 5.90 Å². The molecule has 0 aromatic heterocycles. The highest BCUT2D eigenvalue weighted by Crippen LogP contribution is 2.18. The van der Waals surface area contributed by atoms with E-state index in [1.165, 1.54) is 6.92 Å². The van der Waals surface area contributed by atoms with E-state index in [0.717, 1.165) is 5.56 Å². The van der Waals surface area contributed by atoms with Gasteiger partial charge in [0.15, 0.2) is 0 Å². The molecule has 0 atom stereocenters. The molecule has 0 amide bonds. The molecule has 0 unspecified atom stereocenters. The van der Waals surface area contributed by atoms with Gasteiger partial charge in [0.2, 0.25) is 0 Å². The van der Waals surface area contributed by atoms with Gasteiger partial charge in [-0.1, -0.05) is 18.2 Å². The summed E-state index contributed by atoms with van der Waals surface area (Å²) in [5, 5.41) is 0. The van der Waals surface area contributed by atoms with Crippen LogP contribution < -0.4 is 10.6 Å². The van der Waals surface area contributed by atoms with Gasteiger partial charge in [-0.3, -0.25) is 9.63 Å². The second-order valence-corrected chi connectivity index (χ2v) is 2.51. The van der Waals surface area contributed by atoms with Gasteiger partial charge < -0.3 is 4.74 Å². The van der Waals surface area contributed by atoms with Crippen LogP contribution in [-0.4, -0.2) is 5.97 Å². The van der Waals surface area contributed by atoms with E-state index in [1.807, 2.05) is 6.07 Å². The number of hydrogen-bond acceptors (Lipinski definition) is 4. The normalized spacial score (nSPS) is 9.69. The molecular formula is C9H11NO3. The van der Waals surface area contributed by atoms with Gasteiger partial charge >= 0.3 is 5.97 Å². The number of hydrogen-bond donors (Lipinski definition) is 1. The number of carbonyl (C=O) groups excluding carboxylic acids is 1. The van der Waals surface area contributed by atoms with Crippen LogP contribution in [0.1, 0.15) is 12.5 Å². The molecule has 0 saturated carbocycles. The molecule has 0 radical (unpaired) electrons. The number of nitrogens with two attached hydrogens (primary N) is 1. The summed E-state index contributed by atoms with van der Waals surface area (Å²) < 4.78 is 4.92. The zero-order chi connectivity index (χ0) is 9.68. The molecule has 4 nitrogen and oxygen atoms in total. The minimum atomic E-state index is -0.357. The lowest BCUT2D eigenvalue weighted by molar-refractivity contribution is -0.132. The number of esters is 1. The Morgan fingerprint density at radius 1 is 1.46 bits per heavy atom. The molecule has 2 N–H and O–H groups in total. The van der Waals surface area contributed by atoms with Crippen molar-refractivity contribution in [3.05, 3.63) is 29.8 Å². The van der Waals surface area contributed by atoms with Gasteiger partial charge in [0, 0.05) is 12.5 Å². The standard InChI is InChI=1S/C9H11NO3/c1-7(11)13-9-5-3-2-4-8(9)6-12-10/h2-5H,6,10H2,1H3. The Labute approximate surface area is 76.2 Å². The largest absolute Gasteiger partial charge is 0.426 e. The van der Waals surface area contributed by atoms with E-state index in [2.05, 4.69) is 4.84 Å². The SMILES string of the molecule is CC(=O)Oc1ccccc1CON. The molecule has 0 heterocycles. The van der Waals surface area contributed by atoms with Crippen LogP contribution in [0.25, 0.3) is 0 Å². The van der Waals surface area contributed by atoms with Crippen LogP contribution in [0.2, 0.25) is 0 Å². The van der Waals surface area contributed by atoms with Crippen LogP contribution in [0.5, 0.6) is 5.75 Å². The highest BCUT2D eigenvalue weighted by molar-refractivity contribution is 5.69. The number of para-hydroxylation sites is 1. The Hall–Kier alpha value is -1.39. The second kappa shape index (κ2) is 4.59. The molecule has 13 heavy (non-hydrogen) atoms.